The van der Waals surface area contributed by atoms with Gasteiger partial charge in [0, 0.05) is 19.3 Å². The topological polar surface area (TPSA) is 78.9 Å². The molecule has 0 aromatic heterocycles. The predicted molar refractivity (Wildman–Crippen MR) is 261 cm³/mol. The second-order valence-corrected chi connectivity index (χ2v) is 17.1. The van der Waals surface area contributed by atoms with E-state index in [1.165, 1.54) is 116 Å². The second-order valence-electron chi connectivity index (χ2n) is 17.1. The van der Waals surface area contributed by atoms with E-state index in [4.69, 9.17) is 14.2 Å². The summed E-state index contributed by atoms with van der Waals surface area (Å²) in [4.78, 5) is 37.9. The average Bonchev–Trinajstić information content (AvgIpc) is 3.26. The van der Waals surface area contributed by atoms with Crippen molar-refractivity contribution >= 4 is 17.9 Å². The monoisotopic (exact) mass is 853 g/mol. The van der Waals surface area contributed by atoms with Crippen LogP contribution in [0.3, 0.4) is 0 Å². The number of hydrogen-bond donors (Lipinski definition) is 0. The molecule has 0 radical (unpaired) electrons. The van der Waals surface area contributed by atoms with Crippen LogP contribution >= 0.6 is 0 Å². The summed E-state index contributed by atoms with van der Waals surface area (Å²) >= 11 is 0. The van der Waals surface area contributed by atoms with E-state index in [0.717, 1.165) is 96.3 Å². The number of ether oxygens (including phenoxy) is 3. The van der Waals surface area contributed by atoms with Gasteiger partial charge in [-0.3, -0.25) is 14.4 Å². The summed E-state index contributed by atoms with van der Waals surface area (Å²) in [5.41, 5.74) is 0. The fraction of sp³-hybridized carbons (Fsp3) is 0.764. The Kier molecular flexibility index (Phi) is 47.4. The number of esters is 3. The van der Waals surface area contributed by atoms with E-state index < -0.39 is 6.10 Å². The van der Waals surface area contributed by atoms with Gasteiger partial charge in [0.1, 0.15) is 13.2 Å². The van der Waals surface area contributed by atoms with Crippen molar-refractivity contribution in [3.63, 3.8) is 0 Å². The van der Waals surface area contributed by atoms with E-state index in [1.807, 2.05) is 0 Å². The standard InChI is InChI=1S/C55H96O6/c1-4-7-10-13-16-19-22-24-25-26-27-28-29-31-33-36-39-42-45-48-54(57)60-51-52(50-59-53(56)47-44-41-38-35-32-21-18-15-12-9-6-3)61-55(58)49-46-43-40-37-34-30-23-20-17-14-11-8-5-2/h15-16,18-20,23-25,27-28,52H,4-14,17,21-22,26,29-51H2,1-3H3/b18-15-,19-16-,23-20-,25-24-,28-27-. The van der Waals surface area contributed by atoms with Crippen LogP contribution in [0.25, 0.3) is 0 Å². The van der Waals surface area contributed by atoms with Crippen LogP contribution in [-0.2, 0) is 28.6 Å². The normalized spacial score (nSPS) is 12.5. The van der Waals surface area contributed by atoms with Gasteiger partial charge in [0.05, 0.1) is 0 Å². The van der Waals surface area contributed by atoms with Crippen LogP contribution in [0.2, 0.25) is 0 Å². The molecule has 0 aliphatic carbocycles. The minimum Gasteiger partial charge on any atom is -0.462 e. The van der Waals surface area contributed by atoms with E-state index in [2.05, 4.69) is 81.5 Å². The van der Waals surface area contributed by atoms with Crippen molar-refractivity contribution in [1.29, 1.82) is 0 Å². The molecule has 1 atom stereocenters. The fourth-order valence-corrected chi connectivity index (χ4v) is 7.01. The first-order valence-electron chi connectivity index (χ1n) is 25.8. The smallest absolute Gasteiger partial charge is 0.306 e. The lowest BCUT2D eigenvalue weighted by Gasteiger charge is -2.18. The first-order valence-corrected chi connectivity index (χ1v) is 25.8. The molecule has 0 saturated heterocycles. The molecule has 6 heteroatoms. The predicted octanol–water partition coefficient (Wildman–Crippen LogP) is 16.9. The van der Waals surface area contributed by atoms with Gasteiger partial charge in [0.25, 0.3) is 0 Å². The fourth-order valence-electron chi connectivity index (χ4n) is 7.01. The molecule has 0 aliphatic rings. The van der Waals surface area contributed by atoms with E-state index in [1.54, 1.807) is 0 Å². The SMILES string of the molecule is CCCC/C=C\CCCCCCCC(=O)OCC(COC(=O)CCCCCCCC/C=C\C/C=C\C/C=C\CCCCC)OC(=O)CCCCCCC/C=C\CCCCCC. The van der Waals surface area contributed by atoms with Gasteiger partial charge in [0.2, 0.25) is 0 Å². The first kappa shape index (κ1) is 58.1. The molecular weight excluding hydrogens is 757 g/mol. The molecule has 352 valence electrons. The first-order chi connectivity index (χ1) is 30.0. The highest BCUT2D eigenvalue weighted by Gasteiger charge is 2.19. The molecule has 0 bridgehead atoms. The maximum atomic E-state index is 12.8. The van der Waals surface area contributed by atoms with Crippen molar-refractivity contribution in [2.24, 2.45) is 0 Å². The molecule has 61 heavy (non-hydrogen) atoms. The Morgan fingerprint density at radius 3 is 1.02 bits per heavy atom. The van der Waals surface area contributed by atoms with E-state index >= 15 is 0 Å². The summed E-state index contributed by atoms with van der Waals surface area (Å²) in [5, 5.41) is 0. The number of unbranched alkanes of at least 4 members (excludes halogenated alkanes) is 25. The van der Waals surface area contributed by atoms with Gasteiger partial charge in [0.15, 0.2) is 6.10 Å². The summed E-state index contributed by atoms with van der Waals surface area (Å²) in [7, 11) is 0. The Morgan fingerprint density at radius 2 is 0.607 bits per heavy atom. The lowest BCUT2D eigenvalue weighted by molar-refractivity contribution is -0.167. The molecule has 0 N–H and O–H groups in total. The summed E-state index contributed by atoms with van der Waals surface area (Å²) in [6.07, 6.45) is 60.6. The van der Waals surface area contributed by atoms with Crippen molar-refractivity contribution in [3.05, 3.63) is 60.8 Å². The van der Waals surface area contributed by atoms with E-state index in [0.29, 0.717) is 19.3 Å². The van der Waals surface area contributed by atoms with Gasteiger partial charge < -0.3 is 14.2 Å². The number of carbonyl (C=O) groups is 3. The Labute approximate surface area is 377 Å². The molecular formula is C55H96O6. The van der Waals surface area contributed by atoms with Crippen molar-refractivity contribution in [3.8, 4) is 0 Å². The van der Waals surface area contributed by atoms with E-state index in [9.17, 15) is 14.4 Å². The number of rotatable bonds is 46. The minimum atomic E-state index is -0.785. The largest absolute Gasteiger partial charge is 0.462 e. The van der Waals surface area contributed by atoms with Gasteiger partial charge in [-0.15, -0.1) is 0 Å². The van der Waals surface area contributed by atoms with Gasteiger partial charge in [-0.2, -0.15) is 0 Å². The molecule has 0 aromatic carbocycles. The molecule has 0 aromatic rings. The lowest BCUT2D eigenvalue weighted by Crippen LogP contribution is -2.30. The van der Waals surface area contributed by atoms with Crippen LogP contribution in [0.15, 0.2) is 60.8 Å². The number of carbonyl (C=O) groups excluding carboxylic acids is 3. The van der Waals surface area contributed by atoms with Crippen molar-refractivity contribution in [2.45, 2.75) is 258 Å². The van der Waals surface area contributed by atoms with Crippen molar-refractivity contribution < 1.29 is 28.6 Å². The molecule has 6 nitrogen and oxygen atoms in total. The third-order valence-corrected chi connectivity index (χ3v) is 11.0. The molecule has 0 aliphatic heterocycles. The molecule has 0 fully saturated rings. The highest BCUT2D eigenvalue weighted by atomic mass is 16.6. The zero-order valence-corrected chi connectivity index (χ0v) is 40.2. The van der Waals surface area contributed by atoms with Crippen LogP contribution in [0.1, 0.15) is 252 Å². The molecule has 0 rings (SSSR count). The molecule has 0 amide bonds. The van der Waals surface area contributed by atoms with Gasteiger partial charge in [-0.05, 0) is 103 Å². The zero-order valence-electron chi connectivity index (χ0n) is 40.2. The lowest BCUT2D eigenvalue weighted by atomic mass is 10.1. The van der Waals surface area contributed by atoms with Crippen LogP contribution in [0.4, 0.5) is 0 Å². The number of allylic oxidation sites excluding steroid dienone is 10. The van der Waals surface area contributed by atoms with E-state index in [-0.39, 0.29) is 31.1 Å². The zero-order chi connectivity index (χ0) is 44.4. The quantitative estimate of drug-likeness (QED) is 0.0263. The van der Waals surface area contributed by atoms with Gasteiger partial charge in [-0.25, -0.2) is 0 Å². The van der Waals surface area contributed by atoms with Crippen LogP contribution in [0, 0.1) is 0 Å². The number of hydrogen-bond acceptors (Lipinski definition) is 6. The Balaban J connectivity index is 4.38. The Bertz CT molecular complexity index is 1120. The summed E-state index contributed by atoms with van der Waals surface area (Å²) in [6.45, 7) is 6.53. The molecule has 1 unspecified atom stereocenters. The van der Waals surface area contributed by atoms with Crippen LogP contribution in [-0.4, -0.2) is 37.2 Å². The average molecular weight is 853 g/mol. The van der Waals surface area contributed by atoms with Gasteiger partial charge in [-0.1, -0.05) is 191 Å². The molecule has 0 saturated carbocycles. The van der Waals surface area contributed by atoms with Crippen molar-refractivity contribution in [1.82, 2.24) is 0 Å². The minimum absolute atomic E-state index is 0.0862. The highest BCUT2D eigenvalue weighted by molar-refractivity contribution is 5.71. The highest BCUT2D eigenvalue weighted by Crippen LogP contribution is 2.14. The summed E-state index contributed by atoms with van der Waals surface area (Å²) < 4.78 is 16.8. The third-order valence-electron chi connectivity index (χ3n) is 11.0. The van der Waals surface area contributed by atoms with Gasteiger partial charge >= 0.3 is 17.9 Å². The molecule has 0 spiro atoms. The Hall–Kier alpha value is -2.89. The summed E-state index contributed by atoms with van der Waals surface area (Å²) in [6, 6.07) is 0. The maximum absolute atomic E-state index is 12.8. The second kappa shape index (κ2) is 49.8. The third kappa shape index (κ3) is 48.0. The van der Waals surface area contributed by atoms with Crippen LogP contribution < -0.4 is 0 Å². The molecule has 0 heterocycles. The van der Waals surface area contributed by atoms with Crippen LogP contribution in [0.5, 0.6) is 0 Å². The van der Waals surface area contributed by atoms with Crippen molar-refractivity contribution in [2.75, 3.05) is 13.2 Å². The maximum Gasteiger partial charge on any atom is 0.306 e. The summed E-state index contributed by atoms with van der Waals surface area (Å²) in [5.74, 6) is -0.915. The Morgan fingerprint density at radius 1 is 0.328 bits per heavy atom.